The lowest BCUT2D eigenvalue weighted by Gasteiger charge is -2.24. The number of rotatable bonds is 6. The van der Waals surface area contributed by atoms with Crippen LogP contribution in [-0.2, 0) is 0 Å². The first kappa shape index (κ1) is 12.4. The Hall–Kier alpha value is -1.02. The first-order valence-electron chi connectivity index (χ1n) is 6.92. The lowest BCUT2D eigenvalue weighted by atomic mass is 10.2. The molecule has 1 aliphatic rings. The van der Waals surface area contributed by atoms with Gasteiger partial charge in [-0.25, -0.2) is 0 Å². The van der Waals surface area contributed by atoms with E-state index in [-0.39, 0.29) is 0 Å². The van der Waals surface area contributed by atoms with Gasteiger partial charge < -0.3 is 9.80 Å². The number of hydrogen-bond acceptors (Lipinski definition) is 2. The van der Waals surface area contributed by atoms with Crippen molar-refractivity contribution in [3.05, 3.63) is 30.3 Å². The van der Waals surface area contributed by atoms with Crippen molar-refractivity contribution in [2.75, 3.05) is 37.6 Å². The summed E-state index contributed by atoms with van der Waals surface area (Å²) in [6, 6.07) is 10.7. The summed E-state index contributed by atoms with van der Waals surface area (Å²) in [5.74, 6) is 0. The highest BCUT2D eigenvalue weighted by molar-refractivity contribution is 5.45. The van der Waals surface area contributed by atoms with Gasteiger partial charge in [0.1, 0.15) is 0 Å². The van der Waals surface area contributed by atoms with Crippen molar-refractivity contribution in [3.8, 4) is 0 Å². The van der Waals surface area contributed by atoms with E-state index in [1.54, 1.807) is 0 Å². The number of anilines is 1. The molecule has 1 fully saturated rings. The van der Waals surface area contributed by atoms with Crippen LogP contribution in [-0.4, -0.2) is 37.6 Å². The Morgan fingerprint density at radius 2 is 1.82 bits per heavy atom. The highest BCUT2D eigenvalue weighted by Gasteiger charge is 2.11. The first-order valence-corrected chi connectivity index (χ1v) is 6.92. The van der Waals surface area contributed by atoms with Crippen molar-refractivity contribution in [3.63, 3.8) is 0 Å². The van der Waals surface area contributed by atoms with Crippen molar-refractivity contribution < 1.29 is 0 Å². The van der Waals surface area contributed by atoms with Gasteiger partial charge in [-0.15, -0.1) is 0 Å². The van der Waals surface area contributed by atoms with Crippen LogP contribution in [0.15, 0.2) is 30.3 Å². The molecule has 0 aliphatic carbocycles. The summed E-state index contributed by atoms with van der Waals surface area (Å²) in [6.45, 7) is 8.42. The molecule has 1 aliphatic heterocycles. The van der Waals surface area contributed by atoms with Crippen LogP contribution in [0.4, 0.5) is 5.69 Å². The second-order valence-corrected chi connectivity index (χ2v) is 4.82. The van der Waals surface area contributed by atoms with E-state index in [1.165, 1.54) is 51.1 Å². The number of benzene rings is 1. The van der Waals surface area contributed by atoms with Gasteiger partial charge in [0, 0.05) is 18.8 Å². The lowest BCUT2D eigenvalue weighted by molar-refractivity contribution is 0.334. The molecule has 0 amide bonds. The second-order valence-electron chi connectivity index (χ2n) is 4.82. The molecule has 2 heteroatoms. The third-order valence-corrected chi connectivity index (χ3v) is 3.60. The van der Waals surface area contributed by atoms with E-state index in [9.17, 15) is 0 Å². The van der Waals surface area contributed by atoms with Crippen molar-refractivity contribution >= 4 is 5.69 Å². The van der Waals surface area contributed by atoms with Crippen LogP contribution in [0.1, 0.15) is 26.2 Å². The fourth-order valence-corrected chi connectivity index (χ4v) is 2.60. The summed E-state index contributed by atoms with van der Waals surface area (Å²) in [7, 11) is 0. The zero-order valence-electron chi connectivity index (χ0n) is 10.9. The second kappa shape index (κ2) is 6.65. The molecule has 0 bridgehead atoms. The van der Waals surface area contributed by atoms with Crippen LogP contribution >= 0.6 is 0 Å². The molecule has 94 valence electrons. The molecule has 1 aromatic rings. The number of hydrogen-bond donors (Lipinski definition) is 0. The Kier molecular flexibility index (Phi) is 4.87. The average Bonchev–Trinajstić information content (AvgIpc) is 2.89. The zero-order valence-corrected chi connectivity index (χ0v) is 10.9. The maximum absolute atomic E-state index is 2.60. The Balaban J connectivity index is 1.75. The average molecular weight is 232 g/mol. The molecular formula is C15H24N2. The standard InChI is InChI=1S/C15H24N2/c1-2-17(15-9-4-3-5-10-15)14-8-13-16-11-6-7-12-16/h3-5,9-10H,2,6-8,11-14H2,1H3. The van der Waals surface area contributed by atoms with Crippen molar-refractivity contribution in [2.24, 2.45) is 0 Å². The summed E-state index contributed by atoms with van der Waals surface area (Å²) in [4.78, 5) is 5.06. The maximum Gasteiger partial charge on any atom is 0.0366 e. The summed E-state index contributed by atoms with van der Waals surface area (Å²) < 4.78 is 0. The summed E-state index contributed by atoms with van der Waals surface area (Å²) >= 11 is 0. The molecule has 0 atom stereocenters. The molecule has 1 aromatic carbocycles. The Bertz CT molecular complexity index is 304. The van der Waals surface area contributed by atoms with E-state index in [0.29, 0.717) is 0 Å². The monoisotopic (exact) mass is 232 g/mol. The van der Waals surface area contributed by atoms with Crippen molar-refractivity contribution in [2.45, 2.75) is 26.2 Å². The van der Waals surface area contributed by atoms with Crippen LogP contribution in [0, 0.1) is 0 Å². The van der Waals surface area contributed by atoms with Gasteiger partial charge in [0.15, 0.2) is 0 Å². The van der Waals surface area contributed by atoms with E-state index in [4.69, 9.17) is 0 Å². The van der Waals surface area contributed by atoms with Gasteiger partial charge in [-0.2, -0.15) is 0 Å². The van der Waals surface area contributed by atoms with Gasteiger partial charge in [0.05, 0.1) is 0 Å². The topological polar surface area (TPSA) is 6.48 Å². The van der Waals surface area contributed by atoms with Crippen molar-refractivity contribution in [1.29, 1.82) is 0 Å². The zero-order chi connectivity index (χ0) is 11.9. The molecule has 2 nitrogen and oxygen atoms in total. The fourth-order valence-electron chi connectivity index (χ4n) is 2.60. The molecule has 17 heavy (non-hydrogen) atoms. The summed E-state index contributed by atoms with van der Waals surface area (Å²) in [5, 5.41) is 0. The minimum absolute atomic E-state index is 1.10. The van der Waals surface area contributed by atoms with Gasteiger partial charge in [-0.1, -0.05) is 18.2 Å². The van der Waals surface area contributed by atoms with Gasteiger partial charge in [0.2, 0.25) is 0 Å². The molecule has 0 saturated carbocycles. The maximum atomic E-state index is 2.60. The molecule has 0 spiro atoms. The molecule has 1 heterocycles. The predicted molar refractivity (Wildman–Crippen MR) is 74.6 cm³/mol. The number of likely N-dealkylation sites (tertiary alicyclic amines) is 1. The van der Waals surface area contributed by atoms with Gasteiger partial charge in [0.25, 0.3) is 0 Å². The largest absolute Gasteiger partial charge is 0.372 e. The molecule has 0 aromatic heterocycles. The lowest BCUT2D eigenvalue weighted by Crippen LogP contribution is -2.28. The summed E-state index contributed by atoms with van der Waals surface area (Å²) in [5.41, 5.74) is 1.36. The number of nitrogens with zero attached hydrogens (tertiary/aromatic N) is 2. The normalized spacial score (nSPS) is 16.3. The van der Waals surface area contributed by atoms with E-state index in [0.717, 1.165) is 6.54 Å². The Morgan fingerprint density at radius 1 is 1.12 bits per heavy atom. The third-order valence-electron chi connectivity index (χ3n) is 3.60. The van der Waals surface area contributed by atoms with E-state index < -0.39 is 0 Å². The van der Waals surface area contributed by atoms with Crippen LogP contribution in [0.3, 0.4) is 0 Å². The van der Waals surface area contributed by atoms with Gasteiger partial charge in [-0.3, -0.25) is 0 Å². The quantitative estimate of drug-likeness (QED) is 0.744. The van der Waals surface area contributed by atoms with Crippen molar-refractivity contribution in [1.82, 2.24) is 4.90 Å². The highest BCUT2D eigenvalue weighted by atomic mass is 15.2. The van der Waals surface area contributed by atoms with Crippen LogP contribution in [0.2, 0.25) is 0 Å². The fraction of sp³-hybridized carbons (Fsp3) is 0.600. The van der Waals surface area contributed by atoms with E-state index in [2.05, 4.69) is 47.1 Å². The molecule has 2 rings (SSSR count). The Morgan fingerprint density at radius 3 is 2.47 bits per heavy atom. The Labute approximate surface area is 105 Å². The minimum Gasteiger partial charge on any atom is -0.372 e. The third kappa shape index (κ3) is 3.74. The molecular weight excluding hydrogens is 208 g/mol. The molecule has 1 saturated heterocycles. The van der Waals surface area contributed by atoms with Gasteiger partial charge in [-0.05, 0) is 58.0 Å². The predicted octanol–water partition coefficient (Wildman–Crippen LogP) is 3.00. The van der Waals surface area contributed by atoms with Crippen LogP contribution in [0.25, 0.3) is 0 Å². The summed E-state index contributed by atoms with van der Waals surface area (Å²) in [6.07, 6.45) is 4.08. The first-order chi connectivity index (χ1) is 8.40. The smallest absolute Gasteiger partial charge is 0.0366 e. The van der Waals surface area contributed by atoms with Crippen LogP contribution in [0.5, 0.6) is 0 Å². The molecule has 0 radical (unpaired) electrons. The van der Waals surface area contributed by atoms with Gasteiger partial charge >= 0.3 is 0 Å². The van der Waals surface area contributed by atoms with E-state index >= 15 is 0 Å². The molecule has 0 N–H and O–H groups in total. The number of para-hydroxylation sites is 1. The SMILES string of the molecule is CCN(CCCN1CCCC1)c1ccccc1. The minimum atomic E-state index is 1.10. The van der Waals surface area contributed by atoms with E-state index in [1.807, 2.05) is 0 Å². The molecule has 0 unspecified atom stereocenters. The van der Waals surface area contributed by atoms with Crippen LogP contribution < -0.4 is 4.90 Å². The highest BCUT2D eigenvalue weighted by Crippen LogP contribution is 2.14.